The molecule has 0 aromatic heterocycles. The first-order valence-corrected chi connectivity index (χ1v) is 10.4. The number of benzene rings is 3. The predicted octanol–water partition coefficient (Wildman–Crippen LogP) is 5.25. The van der Waals surface area contributed by atoms with Gasteiger partial charge < -0.3 is 29.4 Å². The second-order valence-corrected chi connectivity index (χ2v) is 7.17. The van der Waals surface area contributed by atoms with Crippen LogP contribution in [0.2, 0.25) is 0 Å². The lowest BCUT2D eigenvalue weighted by Crippen LogP contribution is -2.09. The van der Waals surface area contributed by atoms with Gasteiger partial charge in [-0.3, -0.25) is 4.79 Å². The number of amides is 1. The second kappa shape index (κ2) is 11.5. The van der Waals surface area contributed by atoms with Gasteiger partial charge >= 0.3 is 0 Å². The molecule has 0 heterocycles. The lowest BCUT2D eigenvalue weighted by molar-refractivity contribution is -0.111. The van der Waals surface area contributed by atoms with Gasteiger partial charge in [0.05, 0.1) is 34.1 Å². The zero-order valence-corrected chi connectivity index (χ0v) is 19.5. The number of hydrogen-bond donors (Lipinski definition) is 2. The van der Waals surface area contributed by atoms with Crippen LogP contribution in [0, 0.1) is 0 Å². The van der Waals surface area contributed by atoms with E-state index in [9.17, 15) is 9.90 Å². The van der Waals surface area contributed by atoms with E-state index in [-0.39, 0.29) is 11.7 Å². The molecule has 34 heavy (non-hydrogen) atoms. The number of ether oxygens (including phenoxy) is 4. The summed E-state index contributed by atoms with van der Waals surface area (Å²) in [5.41, 5.74) is 3.04. The molecule has 0 spiro atoms. The van der Waals surface area contributed by atoms with E-state index in [2.05, 4.69) is 5.32 Å². The lowest BCUT2D eigenvalue weighted by Gasteiger charge is -2.13. The standard InChI is InChI=1S/C27H27NO6/c1-31-23-13-9-19(5-6-20-16-24(32-2)27(34-4)25(17-20)33-3)15-22(23)28-26(30)14-10-18-7-11-21(29)12-8-18/h5-17,29H,1-4H3,(H,28,30)/b6-5+,14-10+. The average Bonchev–Trinajstić information content (AvgIpc) is 2.86. The van der Waals surface area contributed by atoms with E-state index in [1.807, 2.05) is 36.4 Å². The van der Waals surface area contributed by atoms with Gasteiger partial charge in [-0.05, 0) is 59.2 Å². The highest BCUT2D eigenvalue weighted by Gasteiger charge is 2.12. The fourth-order valence-electron chi connectivity index (χ4n) is 3.25. The lowest BCUT2D eigenvalue weighted by atomic mass is 10.1. The van der Waals surface area contributed by atoms with Crippen LogP contribution in [0.5, 0.6) is 28.7 Å². The van der Waals surface area contributed by atoms with Gasteiger partial charge in [0, 0.05) is 6.08 Å². The van der Waals surface area contributed by atoms with Crippen LogP contribution < -0.4 is 24.3 Å². The van der Waals surface area contributed by atoms with Crippen LogP contribution in [-0.4, -0.2) is 39.5 Å². The molecule has 3 aromatic carbocycles. The Hall–Kier alpha value is -4.39. The van der Waals surface area contributed by atoms with Crippen LogP contribution in [0.15, 0.2) is 60.7 Å². The fraction of sp³-hybridized carbons (Fsp3) is 0.148. The van der Waals surface area contributed by atoms with E-state index in [4.69, 9.17) is 18.9 Å². The molecule has 0 atom stereocenters. The molecule has 0 aliphatic rings. The Balaban J connectivity index is 1.80. The smallest absolute Gasteiger partial charge is 0.248 e. The summed E-state index contributed by atoms with van der Waals surface area (Å²) < 4.78 is 21.6. The minimum atomic E-state index is -0.308. The van der Waals surface area contributed by atoms with E-state index in [0.29, 0.717) is 28.7 Å². The Morgan fingerprint density at radius 2 is 1.29 bits per heavy atom. The number of rotatable bonds is 9. The third-order valence-corrected chi connectivity index (χ3v) is 4.96. The third kappa shape index (κ3) is 6.10. The van der Waals surface area contributed by atoms with Gasteiger partial charge in [-0.1, -0.05) is 30.4 Å². The number of methoxy groups -OCH3 is 4. The molecule has 0 bridgehead atoms. The highest BCUT2D eigenvalue weighted by Crippen LogP contribution is 2.38. The molecule has 7 heteroatoms. The fourth-order valence-corrected chi connectivity index (χ4v) is 3.25. The Kier molecular flexibility index (Phi) is 8.18. The first-order chi connectivity index (χ1) is 16.5. The molecule has 7 nitrogen and oxygen atoms in total. The van der Waals surface area contributed by atoms with E-state index >= 15 is 0 Å². The van der Waals surface area contributed by atoms with Gasteiger partial charge in [0.15, 0.2) is 11.5 Å². The van der Waals surface area contributed by atoms with E-state index in [0.717, 1.165) is 16.7 Å². The van der Waals surface area contributed by atoms with Crippen molar-refractivity contribution in [2.24, 2.45) is 0 Å². The van der Waals surface area contributed by atoms with Gasteiger partial charge in [-0.25, -0.2) is 0 Å². The number of aromatic hydroxyl groups is 1. The predicted molar refractivity (Wildman–Crippen MR) is 134 cm³/mol. The van der Waals surface area contributed by atoms with Crippen molar-refractivity contribution in [1.29, 1.82) is 0 Å². The summed E-state index contributed by atoms with van der Waals surface area (Å²) in [6.45, 7) is 0. The van der Waals surface area contributed by atoms with Gasteiger partial charge in [0.25, 0.3) is 0 Å². The Bertz CT molecular complexity index is 1170. The molecular formula is C27H27NO6. The molecule has 176 valence electrons. The summed E-state index contributed by atoms with van der Waals surface area (Å²) in [6, 6.07) is 15.7. The minimum absolute atomic E-state index is 0.169. The van der Waals surface area contributed by atoms with Crippen LogP contribution in [-0.2, 0) is 4.79 Å². The van der Waals surface area contributed by atoms with Crippen molar-refractivity contribution in [3.05, 3.63) is 77.4 Å². The van der Waals surface area contributed by atoms with Crippen molar-refractivity contribution in [2.45, 2.75) is 0 Å². The van der Waals surface area contributed by atoms with Crippen LogP contribution in [0.1, 0.15) is 16.7 Å². The Morgan fingerprint density at radius 1 is 0.706 bits per heavy atom. The van der Waals surface area contributed by atoms with Gasteiger partial charge in [-0.2, -0.15) is 0 Å². The highest BCUT2D eigenvalue weighted by molar-refractivity contribution is 6.03. The number of phenols is 1. The topological polar surface area (TPSA) is 86.3 Å². The SMILES string of the molecule is COc1ccc(/C=C/c2cc(OC)c(OC)c(OC)c2)cc1NC(=O)/C=C/c1ccc(O)cc1. The molecule has 0 aliphatic carbocycles. The van der Waals surface area contributed by atoms with Crippen molar-refractivity contribution in [1.82, 2.24) is 0 Å². The highest BCUT2D eigenvalue weighted by atomic mass is 16.5. The monoisotopic (exact) mass is 461 g/mol. The largest absolute Gasteiger partial charge is 0.508 e. The van der Waals surface area contributed by atoms with Gasteiger partial charge in [-0.15, -0.1) is 0 Å². The van der Waals surface area contributed by atoms with E-state index in [1.165, 1.54) is 6.08 Å². The second-order valence-electron chi connectivity index (χ2n) is 7.17. The molecule has 0 fully saturated rings. The number of anilines is 1. The number of carbonyl (C=O) groups is 1. The van der Waals surface area contributed by atoms with Gasteiger partial charge in [0.2, 0.25) is 11.7 Å². The molecule has 0 saturated heterocycles. The van der Waals surface area contributed by atoms with Crippen molar-refractivity contribution in [3.63, 3.8) is 0 Å². The van der Waals surface area contributed by atoms with Crippen LogP contribution in [0.25, 0.3) is 18.2 Å². The first kappa shape index (κ1) is 24.3. The van der Waals surface area contributed by atoms with Crippen LogP contribution >= 0.6 is 0 Å². The summed E-state index contributed by atoms with van der Waals surface area (Å²) in [7, 11) is 6.24. The maximum atomic E-state index is 12.5. The number of phenolic OH excluding ortho intramolecular Hbond substituents is 1. The molecule has 3 rings (SSSR count). The summed E-state index contributed by atoms with van der Waals surface area (Å²) in [4.78, 5) is 12.5. The molecule has 0 radical (unpaired) electrons. The minimum Gasteiger partial charge on any atom is -0.508 e. The normalized spacial score (nSPS) is 10.9. The zero-order valence-electron chi connectivity index (χ0n) is 19.5. The van der Waals surface area contributed by atoms with E-state index in [1.54, 1.807) is 64.8 Å². The number of carbonyl (C=O) groups excluding carboxylic acids is 1. The third-order valence-electron chi connectivity index (χ3n) is 4.96. The van der Waals surface area contributed by atoms with Crippen molar-refractivity contribution >= 4 is 29.8 Å². The maximum absolute atomic E-state index is 12.5. The molecule has 0 aliphatic heterocycles. The molecule has 0 unspecified atom stereocenters. The molecule has 2 N–H and O–H groups in total. The average molecular weight is 462 g/mol. The molecule has 1 amide bonds. The van der Waals surface area contributed by atoms with Crippen LogP contribution in [0.4, 0.5) is 5.69 Å². The molecule has 0 saturated carbocycles. The summed E-state index contributed by atoms with van der Waals surface area (Å²) in [5.74, 6) is 2.04. The molecular weight excluding hydrogens is 434 g/mol. The van der Waals surface area contributed by atoms with Crippen molar-refractivity contribution in [3.8, 4) is 28.7 Å². The summed E-state index contributed by atoms with van der Waals surface area (Å²) in [6.07, 6.45) is 6.89. The Labute approximate surface area is 198 Å². The Morgan fingerprint density at radius 3 is 1.88 bits per heavy atom. The summed E-state index contributed by atoms with van der Waals surface area (Å²) >= 11 is 0. The van der Waals surface area contributed by atoms with Gasteiger partial charge in [0.1, 0.15) is 11.5 Å². The number of nitrogens with one attached hydrogen (secondary N) is 1. The quantitative estimate of drug-likeness (QED) is 0.334. The van der Waals surface area contributed by atoms with Crippen molar-refractivity contribution in [2.75, 3.05) is 33.8 Å². The zero-order chi connectivity index (χ0) is 24.5. The first-order valence-electron chi connectivity index (χ1n) is 10.4. The van der Waals surface area contributed by atoms with E-state index < -0.39 is 0 Å². The van der Waals surface area contributed by atoms with Crippen molar-refractivity contribution < 1.29 is 28.8 Å². The van der Waals surface area contributed by atoms with Crippen LogP contribution in [0.3, 0.4) is 0 Å². The summed E-state index contributed by atoms with van der Waals surface area (Å²) in [5, 5.41) is 12.2. The molecule has 3 aromatic rings. The maximum Gasteiger partial charge on any atom is 0.248 e. The number of hydrogen-bond acceptors (Lipinski definition) is 6.